The number of esters is 1. The lowest BCUT2D eigenvalue weighted by Gasteiger charge is -2.24. The molecule has 0 saturated carbocycles. The van der Waals surface area contributed by atoms with Crippen LogP contribution in [-0.4, -0.2) is 31.1 Å². The van der Waals surface area contributed by atoms with E-state index in [0.29, 0.717) is 17.1 Å². The molecular formula is C20H20O5. The summed E-state index contributed by atoms with van der Waals surface area (Å²) in [5, 5.41) is 0. The van der Waals surface area contributed by atoms with Crippen molar-refractivity contribution >= 4 is 11.8 Å². The minimum atomic E-state index is -0.872. The van der Waals surface area contributed by atoms with Crippen LogP contribution < -0.4 is 9.47 Å². The quantitative estimate of drug-likeness (QED) is 0.632. The Hall–Kier alpha value is -2.82. The first kappa shape index (κ1) is 17.0. The summed E-state index contributed by atoms with van der Waals surface area (Å²) in [5.74, 6) is 0.256. The van der Waals surface area contributed by atoms with E-state index in [2.05, 4.69) is 0 Å². The third kappa shape index (κ3) is 3.65. The summed E-state index contributed by atoms with van der Waals surface area (Å²) in [6.07, 6.45) is -0.872. The summed E-state index contributed by atoms with van der Waals surface area (Å²) in [6, 6.07) is 11.0. The number of fused-ring (bicyclic) bond motifs is 1. The maximum atomic E-state index is 12.4. The number of aryl methyl sites for hydroxylation is 3. The molecule has 0 aliphatic carbocycles. The molecule has 5 heteroatoms. The number of Topliss-reactive ketones (excluding diaryl/α,β-unsaturated/α-hetero) is 1. The van der Waals surface area contributed by atoms with Gasteiger partial charge in [0, 0.05) is 5.56 Å². The second-order valence-electron chi connectivity index (χ2n) is 6.17. The fourth-order valence-corrected chi connectivity index (χ4v) is 3.06. The van der Waals surface area contributed by atoms with Gasteiger partial charge in [0.25, 0.3) is 0 Å². The van der Waals surface area contributed by atoms with Gasteiger partial charge in [0.1, 0.15) is 6.61 Å². The Morgan fingerprint density at radius 2 is 1.72 bits per heavy atom. The van der Waals surface area contributed by atoms with Crippen molar-refractivity contribution in [2.45, 2.75) is 26.9 Å². The lowest BCUT2D eigenvalue weighted by atomic mass is 9.97. The molecule has 130 valence electrons. The van der Waals surface area contributed by atoms with Crippen molar-refractivity contribution in [3.63, 3.8) is 0 Å². The number of benzene rings is 2. The van der Waals surface area contributed by atoms with E-state index in [9.17, 15) is 9.59 Å². The van der Waals surface area contributed by atoms with Crippen LogP contribution in [0.4, 0.5) is 0 Å². The molecule has 2 aromatic rings. The number of para-hydroxylation sites is 2. The van der Waals surface area contributed by atoms with Gasteiger partial charge in [-0.15, -0.1) is 0 Å². The predicted molar refractivity (Wildman–Crippen MR) is 92.3 cm³/mol. The Balaban J connectivity index is 1.63. The smallest absolute Gasteiger partial charge is 0.351 e. The summed E-state index contributed by atoms with van der Waals surface area (Å²) in [5.41, 5.74) is 3.45. The molecule has 3 rings (SSSR count). The molecule has 0 N–H and O–H groups in total. The molecular weight excluding hydrogens is 320 g/mol. The largest absolute Gasteiger partial charge is 0.485 e. The van der Waals surface area contributed by atoms with Gasteiger partial charge in [-0.25, -0.2) is 4.79 Å². The molecule has 0 aromatic heterocycles. The lowest BCUT2D eigenvalue weighted by Crippen LogP contribution is -2.38. The van der Waals surface area contributed by atoms with Crippen LogP contribution in [0.5, 0.6) is 11.5 Å². The highest BCUT2D eigenvalue weighted by Gasteiger charge is 2.29. The highest BCUT2D eigenvalue weighted by atomic mass is 16.6. The summed E-state index contributed by atoms with van der Waals surface area (Å²) >= 11 is 0. The molecule has 1 aliphatic heterocycles. The average molecular weight is 340 g/mol. The minimum Gasteiger partial charge on any atom is -0.485 e. The van der Waals surface area contributed by atoms with Crippen molar-refractivity contribution in [3.05, 3.63) is 58.7 Å². The molecule has 0 radical (unpaired) electrons. The van der Waals surface area contributed by atoms with E-state index in [1.165, 1.54) is 0 Å². The highest BCUT2D eigenvalue weighted by Crippen LogP contribution is 2.31. The number of hydrogen-bond donors (Lipinski definition) is 0. The maximum absolute atomic E-state index is 12.4. The molecule has 1 heterocycles. The molecule has 25 heavy (non-hydrogen) atoms. The first-order valence-electron chi connectivity index (χ1n) is 8.12. The van der Waals surface area contributed by atoms with Gasteiger partial charge in [0.15, 0.2) is 18.1 Å². The normalized spacial score (nSPS) is 15.6. The van der Waals surface area contributed by atoms with Crippen LogP contribution in [0.1, 0.15) is 27.0 Å². The van der Waals surface area contributed by atoms with Crippen molar-refractivity contribution in [3.8, 4) is 11.5 Å². The van der Waals surface area contributed by atoms with Crippen molar-refractivity contribution in [1.82, 2.24) is 0 Å². The van der Waals surface area contributed by atoms with E-state index in [1.807, 2.05) is 39.0 Å². The van der Waals surface area contributed by atoms with Gasteiger partial charge >= 0.3 is 5.97 Å². The van der Waals surface area contributed by atoms with Crippen molar-refractivity contribution in [2.75, 3.05) is 13.2 Å². The fraction of sp³-hybridized carbons (Fsp3) is 0.300. The molecule has 0 unspecified atom stereocenters. The van der Waals surface area contributed by atoms with Crippen LogP contribution in [0.2, 0.25) is 0 Å². The summed E-state index contributed by atoms with van der Waals surface area (Å²) in [6.45, 7) is 5.48. The molecule has 2 aromatic carbocycles. The van der Waals surface area contributed by atoms with E-state index in [4.69, 9.17) is 14.2 Å². The standard InChI is InChI=1S/C20H20O5/c1-12-8-13(2)19(14(3)9-12)15(21)10-24-20(22)18-11-23-16-6-4-5-7-17(16)25-18/h4-9,18H,10-11H2,1-3H3/t18-/m0/s1. The van der Waals surface area contributed by atoms with Gasteiger partial charge in [-0.2, -0.15) is 0 Å². The number of ketones is 1. The SMILES string of the molecule is Cc1cc(C)c(C(=O)COC(=O)[C@@H]2COc3ccccc3O2)c(C)c1. The van der Waals surface area contributed by atoms with Gasteiger partial charge in [0.05, 0.1) is 0 Å². The molecule has 0 spiro atoms. The van der Waals surface area contributed by atoms with E-state index in [1.54, 1.807) is 18.2 Å². The minimum absolute atomic E-state index is 0.0621. The Morgan fingerprint density at radius 3 is 2.40 bits per heavy atom. The summed E-state index contributed by atoms with van der Waals surface area (Å²) < 4.78 is 16.2. The highest BCUT2D eigenvalue weighted by molar-refractivity contribution is 6.00. The van der Waals surface area contributed by atoms with E-state index < -0.39 is 12.1 Å². The summed E-state index contributed by atoms with van der Waals surface area (Å²) in [4.78, 5) is 24.6. The lowest BCUT2D eigenvalue weighted by molar-refractivity contribution is -0.153. The van der Waals surface area contributed by atoms with Crippen LogP contribution in [0.15, 0.2) is 36.4 Å². The van der Waals surface area contributed by atoms with Crippen molar-refractivity contribution in [2.24, 2.45) is 0 Å². The van der Waals surface area contributed by atoms with Gasteiger partial charge in [-0.1, -0.05) is 29.8 Å². The Labute approximate surface area is 146 Å². The topological polar surface area (TPSA) is 61.8 Å². The van der Waals surface area contributed by atoms with Gasteiger partial charge in [-0.05, 0) is 44.0 Å². The number of ether oxygens (including phenoxy) is 3. The zero-order valence-electron chi connectivity index (χ0n) is 14.5. The number of rotatable bonds is 4. The van der Waals surface area contributed by atoms with Crippen LogP contribution in [0.25, 0.3) is 0 Å². The third-order valence-corrected chi connectivity index (χ3v) is 4.07. The van der Waals surface area contributed by atoms with Gasteiger partial charge in [0.2, 0.25) is 11.9 Å². The van der Waals surface area contributed by atoms with Gasteiger partial charge < -0.3 is 14.2 Å². The fourth-order valence-electron chi connectivity index (χ4n) is 3.06. The Bertz CT molecular complexity index is 802. The molecule has 1 aliphatic rings. The molecule has 1 atom stereocenters. The molecule has 0 fully saturated rings. The van der Waals surface area contributed by atoms with Crippen LogP contribution >= 0.6 is 0 Å². The third-order valence-electron chi connectivity index (χ3n) is 4.07. The molecule has 0 bridgehead atoms. The Morgan fingerprint density at radius 1 is 1.08 bits per heavy atom. The number of carbonyl (C=O) groups is 2. The van der Waals surface area contributed by atoms with Crippen LogP contribution in [-0.2, 0) is 9.53 Å². The second kappa shape index (κ2) is 6.97. The average Bonchev–Trinajstić information content (AvgIpc) is 2.58. The zero-order chi connectivity index (χ0) is 18.0. The van der Waals surface area contributed by atoms with E-state index in [0.717, 1.165) is 16.7 Å². The predicted octanol–water partition coefficient (Wildman–Crippen LogP) is 3.18. The summed E-state index contributed by atoms with van der Waals surface area (Å²) in [7, 11) is 0. The Kier molecular flexibility index (Phi) is 4.74. The van der Waals surface area contributed by atoms with E-state index >= 15 is 0 Å². The second-order valence-corrected chi connectivity index (χ2v) is 6.17. The first-order valence-corrected chi connectivity index (χ1v) is 8.12. The van der Waals surface area contributed by atoms with Crippen molar-refractivity contribution in [1.29, 1.82) is 0 Å². The molecule has 0 saturated heterocycles. The number of carbonyl (C=O) groups excluding carboxylic acids is 2. The molecule has 5 nitrogen and oxygen atoms in total. The van der Waals surface area contributed by atoms with Crippen LogP contribution in [0.3, 0.4) is 0 Å². The number of hydrogen-bond acceptors (Lipinski definition) is 5. The monoisotopic (exact) mass is 340 g/mol. The van der Waals surface area contributed by atoms with Crippen LogP contribution in [0, 0.1) is 20.8 Å². The zero-order valence-corrected chi connectivity index (χ0v) is 14.5. The maximum Gasteiger partial charge on any atom is 0.351 e. The first-order chi connectivity index (χ1) is 12.0. The molecule has 0 amide bonds. The van der Waals surface area contributed by atoms with E-state index in [-0.39, 0.29) is 19.0 Å². The van der Waals surface area contributed by atoms with Gasteiger partial charge in [-0.3, -0.25) is 4.79 Å². The van der Waals surface area contributed by atoms with Crippen molar-refractivity contribution < 1.29 is 23.8 Å².